The highest BCUT2D eigenvalue weighted by Gasteiger charge is 2.09. The van der Waals surface area contributed by atoms with Crippen molar-refractivity contribution in [1.82, 2.24) is 0 Å². The quantitative estimate of drug-likeness (QED) is 0.669. The van der Waals surface area contributed by atoms with E-state index in [-0.39, 0.29) is 17.4 Å². The number of anilines is 1. The number of benzene rings is 2. The van der Waals surface area contributed by atoms with E-state index in [2.05, 4.69) is 10.5 Å². The van der Waals surface area contributed by atoms with Crippen LogP contribution in [0.1, 0.15) is 5.56 Å². The first-order valence-corrected chi connectivity index (χ1v) is 6.25. The van der Waals surface area contributed by atoms with E-state index < -0.39 is 0 Å². The number of Topliss-reactive ketones (excluding diaryl/α,β-unsaturated/α-hetero) is 1. The van der Waals surface area contributed by atoms with Crippen LogP contribution < -0.4 is 5.43 Å². The minimum atomic E-state index is -0.212. The number of nitrogens with zero attached hydrogens (tertiary/aromatic N) is 1. The van der Waals surface area contributed by atoms with Crippen molar-refractivity contribution in [3.63, 3.8) is 0 Å². The Bertz CT molecular complexity index is 567. The van der Waals surface area contributed by atoms with Crippen molar-refractivity contribution in [3.05, 3.63) is 66.2 Å². The summed E-state index contributed by atoms with van der Waals surface area (Å²) in [5.41, 5.74) is 4.45. The lowest BCUT2D eigenvalue weighted by Gasteiger charge is -2.01. The lowest BCUT2D eigenvalue weighted by atomic mass is 10.1. The molecule has 0 fully saturated rings. The van der Waals surface area contributed by atoms with Crippen LogP contribution in [-0.2, 0) is 11.2 Å². The summed E-state index contributed by atoms with van der Waals surface area (Å²) in [6, 6.07) is 18.8. The van der Waals surface area contributed by atoms with E-state index in [4.69, 9.17) is 11.6 Å². The van der Waals surface area contributed by atoms with Gasteiger partial charge in [-0.05, 0) is 17.7 Å². The van der Waals surface area contributed by atoms with Crippen molar-refractivity contribution in [2.24, 2.45) is 5.10 Å². The summed E-state index contributed by atoms with van der Waals surface area (Å²) >= 11 is 5.87. The number of carbonyl (C=O) groups is 1. The molecule has 3 nitrogen and oxygen atoms in total. The molecule has 2 rings (SSSR count). The van der Waals surface area contributed by atoms with E-state index in [1.54, 1.807) is 0 Å². The Morgan fingerprint density at radius 2 is 1.58 bits per heavy atom. The van der Waals surface area contributed by atoms with E-state index in [9.17, 15) is 4.79 Å². The average Bonchev–Trinajstić information content (AvgIpc) is 2.47. The SMILES string of the molecule is O=C(Cc1ccccc1)/C(Cl)=N\Nc1ccccc1. The first-order valence-electron chi connectivity index (χ1n) is 5.87. The van der Waals surface area contributed by atoms with E-state index in [1.807, 2.05) is 60.7 Å². The van der Waals surface area contributed by atoms with E-state index in [0.717, 1.165) is 11.3 Å². The number of hydrogen-bond donors (Lipinski definition) is 1. The largest absolute Gasteiger partial charge is 0.291 e. The Hall–Kier alpha value is -2.13. The first-order chi connectivity index (χ1) is 9.25. The molecule has 0 aliphatic heterocycles. The van der Waals surface area contributed by atoms with Crippen LogP contribution in [0.4, 0.5) is 5.69 Å². The molecule has 0 amide bonds. The molecule has 2 aromatic carbocycles. The van der Waals surface area contributed by atoms with Gasteiger partial charge in [-0.2, -0.15) is 5.10 Å². The molecule has 0 atom stereocenters. The van der Waals surface area contributed by atoms with Crippen molar-refractivity contribution < 1.29 is 4.79 Å². The summed E-state index contributed by atoms with van der Waals surface area (Å²) in [5, 5.41) is 3.82. The normalized spacial score (nSPS) is 11.1. The van der Waals surface area contributed by atoms with E-state index in [0.29, 0.717) is 0 Å². The van der Waals surface area contributed by atoms with Gasteiger partial charge in [-0.15, -0.1) is 0 Å². The molecule has 0 aromatic heterocycles. The zero-order chi connectivity index (χ0) is 13.5. The minimum absolute atomic E-state index is 0.0484. The maximum Gasteiger partial charge on any atom is 0.198 e. The number of hydrogen-bond acceptors (Lipinski definition) is 3. The average molecular weight is 273 g/mol. The van der Waals surface area contributed by atoms with Gasteiger partial charge in [-0.25, -0.2) is 0 Å². The standard InChI is InChI=1S/C15H13ClN2O/c16-15(18-17-13-9-5-2-6-10-13)14(19)11-12-7-3-1-4-8-12/h1-10,17H,11H2/b18-15+. The van der Waals surface area contributed by atoms with Crippen LogP contribution in [0.25, 0.3) is 0 Å². The molecule has 0 unspecified atom stereocenters. The van der Waals surface area contributed by atoms with Crippen molar-refractivity contribution >= 4 is 28.2 Å². The molecule has 4 heteroatoms. The third-order valence-electron chi connectivity index (χ3n) is 2.49. The highest BCUT2D eigenvalue weighted by Crippen LogP contribution is 2.06. The van der Waals surface area contributed by atoms with Crippen LogP contribution in [-0.4, -0.2) is 11.0 Å². The van der Waals surface area contributed by atoms with Crippen LogP contribution in [0.5, 0.6) is 0 Å². The lowest BCUT2D eigenvalue weighted by molar-refractivity contribution is -0.112. The Labute approximate surface area is 116 Å². The predicted octanol–water partition coefficient (Wildman–Crippen LogP) is 3.46. The van der Waals surface area contributed by atoms with Gasteiger partial charge in [0, 0.05) is 6.42 Å². The van der Waals surface area contributed by atoms with Crippen LogP contribution in [0.15, 0.2) is 65.8 Å². The van der Waals surface area contributed by atoms with Crippen LogP contribution in [0, 0.1) is 0 Å². The van der Waals surface area contributed by atoms with Crippen molar-refractivity contribution in [3.8, 4) is 0 Å². The monoisotopic (exact) mass is 272 g/mol. The molecule has 0 aliphatic rings. The van der Waals surface area contributed by atoms with Gasteiger partial charge in [-0.1, -0.05) is 60.1 Å². The highest BCUT2D eigenvalue weighted by molar-refractivity contribution is 6.83. The Balaban J connectivity index is 1.95. The Morgan fingerprint density at radius 3 is 2.21 bits per heavy atom. The van der Waals surface area contributed by atoms with Crippen molar-refractivity contribution in [1.29, 1.82) is 0 Å². The number of carbonyl (C=O) groups excluding carboxylic acids is 1. The van der Waals surface area contributed by atoms with Gasteiger partial charge < -0.3 is 0 Å². The fourth-order valence-corrected chi connectivity index (χ4v) is 1.65. The zero-order valence-electron chi connectivity index (χ0n) is 10.2. The van der Waals surface area contributed by atoms with E-state index in [1.165, 1.54) is 0 Å². The molecule has 96 valence electrons. The number of nitrogens with one attached hydrogen (secondary N) is 1. The smallest absolute Gasteiger partial charge is 0.198 e. The molecule has 0 radical (unpaired) electrons. The van der Waals surface area contributed by atoms with Gasteiger partial charge in [0.15, 0.2) is 11.0 Å². The maximum atomic E-state index is 11.8. The highest BCUT2D eigenvalue weighted by atomic mass is 35.5. The molecule has 0 spiro atoms. The second kappa shape index (κ2) is 6.71. The summed E-state index contributed by atoms with van der Waals surface area (Å²) in [6.07, 6.45) is 0.250. The minimum Gasteiger partial charge on any atom is -0.291 e. The first kappa shape index (κ1) is 13.3. The van der Waals surface area contributed by atoms with Gasteiger partial charge in [0.25, 0.3) is 0 Å². The molecular formula is C15H13ClN2O. The molecule has 0 bridgehead atoms. The summed E-state index contributed by atoms with van der Waals surface area (Å²) in [6.45, 7) is 0. The Morgan fingerprint density at radius 1 is 1.00 bits per heavy atom. The maximum absolute atomic E-state index is 11.8. The van der Waals surface area contributed by atoms with Gasteiger partial charge >= 0.3 is 0 Å². The van der Waals surface area contributed by atoms with Crippen molar-refractivity contribution in [2.45, 2.75) is 6.42 Å². The molecule has 0 saturated heterocycles. The summed E-state index contributed by atoms with van der Waals surface area (Å²) in [7, 11) is 0. The lowest BCUT2D eigenvalue weighted by Crippen LogP contribution is -2.12. The van der Waals surface area contributed by atoms with Crippen LogP contribution in [0.2, 0.25) is 0 Å². The van der Waals surface area contributed by atoms with Gasteiger partial charge in [0.05, 0.1) is 5.69 Å². The molecule has 0 saturated carbocycles. The zero-order valence-corrected chi connectivity index (χ0v) is 11.0. The predicted molar refractivity (Wildman–Crippen MR) is 78.5 cm³/mol. The van der Waals surface area contributed by atoms with E-state index >= 15 is 0 Å². The number of hydrazone groups is 1. The number of para-hydroxylation sites is 1. The fourth-order valence-electron chi connectivity index (χ4n) is 1.54. The van der Waals surface area contributed by atoms with Gasteiger partial charge in [0.2, 0.25) is 0 Å². The number of ketones is 1. The molecule has 0 heterocycles. The van der Waals surface area contributed by atoms with Gasteiger partial charge in [-0.3, -0.25) is 10.2 Å². The van der Waals surface area contributed by atoms with Crippen LogP contribution >= 0.6 is 11.6 Å². The third kappa shape index (κ3) is 4.23. The van der Waals surface area contributed by atoms with Gasteiger partial charge in [0.1, 0.15) is 0 Å². The Kier molecular flexibility index (Phi) is 4.70. The second-order valence-corrected chi connectivity index (χ2v) is 4.32. The second-order valence-electron chi connectivity index (χ2n) is 3.97. The summed E-state index contributed by atoms with van der Waals surface area (Å²) in [4.78, 5) is 11.8. The molecule has 2 aromatic rings. The molecular weight excluding hydrogens is 260 g/mol. The summed E-state index contributed by atoms with van der Waals surface area (Å²) in [5.74, 6) is -0.212. The molecule has 0 aliphatic carbocycles. The number of rotatable bonds is 5. The fraction of sp³-hybridized carbons (Fsp3) is 0.0667. The molecule has 1 N–H and O–H groups in total. The summed E-state index contributed by atoms with van der Waals surface area (Å²) < 4.78 is 0. The molecule has 19 heavy (non-hydrogen) atoms. The topological polar surface area (TPSA) is 41.5 Å². The number of halogens is 1. The van der Waals surface area contributed by atoms with Crippen molar-refractivity contribution in [2.75, 3.05) is 5.43 Å². The van der Waals surface area contributed by atoms with Crippen LogP contribution in [0.3, 0.4) is 0 Å². The third-order valence-corrected chi connectivity index (χ3v) is 2.79.